The van der Waals surface area contributed by atoms with E-state index in [9.17, 15) is 14.0 Å². The summed E-state index contributed by atoms with van der Waals surface area (Å²) < 4.78 is 26.5. The molecule has 1 aliphatic heterocycles. The quantitative estimate of drug-likeness (QED) is 0.594. The summed E-state index contributed by atoms with van der Waals surface area (Å²) in [5.41, 5.74) is 6.09. The molecule has 4 rings (SSSR count). The molecule has 1 saturated carbocycles. The van der Waals surface area contributed by atoms with E-state index in [4.69, 9.17) is 15.2 Å². The Morgan fingerprint density at radius 2 is 2.00 bits per heavy atom. The van der Waals surface area contributed by atoms with Crippen molar-refractivity contribution in [1.29, 1.82) is 0 Å². The second-order valence-corrected chi connectivity index (χ2v) is 8.46. The van der Waals surface area contributed by atoms with Gasteiger partial charge in [0.05, 0.1) is 37.0 Å². The lowest BCUT2D eigenvalue weighted by Gasteiger charge is -2.35. The van der Waals surface area contributed by atoms with Gasteiger partial charge in [-0.15, -0.1) is 0 Å². The highest BCUT2D eigenvalue weighted by atomic mass is 79.9. The molecule has 2 amide bonds. The minimum absolute atomic E-state index is 0.0877. The summed E-state index contributed by atoms with van der Waals surface area (Å²) >= 11 is 3.16. The number of amides is 2. The number of hydrogen-bond donors (Lipinski definition) is 1. The van der Waals surface area contributed by atoms with Gasteiger partial charge in [-0.2, -0.15) is 0 Å². The van der Waals surface area contributed by atoms with Crippen LogP contribution in [0.15, 0.2) is 35.2 Å². The van der Waals surface area contributed by atoms with Gasteiger partial charge >= 0.3 is 0 Å². The van der Waals surface area contributed by atoms with E-state index < -0.39 is 18.2 Å². The van der Waals surface area contributed by atoms with E-state index in [0.717, 1.165) is 12.8 Å². The molecule has 2 fully saturated rings. The van der Waals surface area contributed by atoms with Gasteiger partial charge in [0.25, 0.3) is 5.91 Å². The molecule has 0 spiro atoms. The number of nitrogens with two attached hydrogens (primary N) is 1. The van der Waals surface area contributed by atoms with Crippen LogP contribution in [0.1, 0.15) is 35.3 Å². The molecule has 0 bridgehead atoms. The number of piperidine rings is 1. The number of rotatable bonds is 7. The molecule has 0 radical (unpaired) electrons. The molecule has 1 aliphatic carbocycles. The fourth-order valence-corrected chi connectivity index (χ4v) is 3.67. The fraction of sp³-hybridized carbons (Fsp3) is 0.429. The molecule has 2 aliphatic rings. The summed E-state index contributed by atoms with van der Waals surface area (Å²) in [5.74, 6) is -0.0751. The van der Waals surface area contributed by atoms with Crippen LogP contribution in [-0.2, 0) is 11.2 Å². The maximum absolute atomic E-state index is 14.8. The molecular formula is C21H22BrFN4O4. The van der Waals surface area contributed by atoms with Crippen molar-refractivity contribution in [2.24, 2.45) is 5.73 Å². The van der Waals surface area contributed by atoms with Gasteiger partial charge in [-0.05, 0) is 47.0 Å². The van der Waals surface area contributed by atoms with E-state index in [0.29, 0.717) is 22.6 Å². The van der Waals surface area contributed by atoms with Gasteiger partial charge in [0.1, 0.15) is 16.5 Å². The third-order valence-corrected chi connectivity index (χ3v) is 5.60. The van der Waals surface area contributed by atoms with Gasteiger partial charge in [0.15, 0.2) is 11.9 Å². The zero-order valence-electron chi connectivity index (χ0n) is 16.7. The average molecular weight is 493 g/mol. The van der Waals surface area contributed by atoms with Crippen molar-refractivity contribution in [3.05, 3.63) is 46.5 Å². The zero-order valence-corrected chi connectivity index (χ0v) is 18.3. The molecule has 2 aromatic heterocycles. The van der Waals surface area contributed by atoms with Crippen molar-refractivity contribution in [1.82, 2.24) is 14.9 Å². The number of carbonyl (C=O) groups is 2. The zero-order chi connectivity index (χ0) is 22.0. The van der Waals surface area contributed by atoms with E-state index in [1.165, 1.54) is 17.2 Å². The van der Waals surface area contributed by atoms with Gasteiger partial charge in [-0.25, -0.2) is 9.37 Å². The van der Waals surface area contributed by atoms with Crippen molar-refractivity contribution in [3.8, 4) is 11.5 Å². The molecule has 10 heteroatoms. The first-order valence-corrected chi connectivity index (χ1v) is 10.8. The normalized spacial score (nSPS) is 20.9. The van der Waals surface area contributed by atoms with Crippen LogP contribution in [0.2, 0.25) is 0 Å². The first-order chi connectivity index (χ1) is 14.9. The lowest BCUT2D eigenvalue weighted by Crippen LogP contribution is -2.49. The molecule has 0 aromatic carbocycles. The monoisotopic (exact) mass is 492 g/mol. The van der Waals surface area contributed by atoms with Crippen LogP contribution in [0.3, 0.4) is 0 Å². The number of primary amides is 1. The summed E-state index contributed by atoms with van der Waals surface area (Å²) in [7, 11) is 0. The Hall–Kier alpha value is -2.75. The third-order valence-electron chi connectivity index (χ3n) is 5.17. The van der Waals surface area contributed by atoms with Crippen LogP contribution >= 0.6 is 15.9 Å². The van der Waals surface area contributed by atoms with Gasteiger partial charge in [0, 0.05) is 18.7 Å². The number of likely N-dealkylation sites (tertiary alicyclic amines) is 1. The SMILES string of the molecule is NC(=O)c1cc(Br)ncc1OC1CCN(C(=O)Cc2ccc(OC3CC3)cn2)CC1F. The van der Waals surface area contributed by atoms with Crippen molar-refractivity contribution >= 4 is 27.7 Å². The van der Waals surface area contributed by atoms with E-state index >= 15 is 0 Å². The van der Waals surface area contributed by atoms with E-state index in [2.05, 4.69) is 25.9 Å². The number of aromatic nitrogens is 2. The largest absolute Gasteiger partial charge is 0.489 e. The highest BCUT2D eigenvalue weighted by molar-refractivity contribution is 9.10. The number of ether oxygens (including phenoxy) is 2. The fourth-order valence-electron chi connectivity index (χ4n) is 3.34. The molecule has 1 saturated heterocycles. The second kappa shape index (κ2) is 9.17. The molecule has 31 heavy (non-hydrogen) atoms. The minimum atomic E-state index is -1.41. The number of pyridine rings is 2. The summed E-state index contributed by atoms with van der Waals surface area (Å²) in [4.78, 5) is 34.0. The number of hydrogen-bond acceptors (Lipinski definition) is 6. The standard InChI is InChI=1S/C21H22BrFN4O4/c22-19-8-15(21(24)29)18(10-26-19)31-17-5-6-27(11-16(17)23)20(28)7-12-1-2-14(9-25-12)30-13-3-4-13/h1-2,8-10,13,16-17H,3-7,11H2,(H2,24,29). The number of nitrogens with zero attached hydrogens (tertiary/aromatic N) is 3. The number of carbonyl (C=O) groups excluding carboxylic acids is 2. The average Bonchev–Trinajstić information content (AvgIpc) is 3.56. The Balaban J connectivity index is 1.32. The Morgan fingerprint density at radius 3 is 2.65 bits per heavy atom. The van der Waals surface area contributed by atoms with Gasteiger partial charge in [-0.1, -0.05) is 0 Å². The maximum Gasteiger partial charge on any atom is 0.252 e. The van der Waals surface area contributed by atoms with Crippen molar-refractivity contribution in [2.45, 2.75) is 44.1 Å². The first-order valence-electron chi connectivity index (χ1n) is 10.0. The topological polar surface area (TPSA) is 108 Å². The Kier molecular flexibility index (Phi) is 6.35. The van der Waals surface area contributed by atoms with E-state index in [1.807, 2.05) is 0 Å². The summed E-state index contributed by atoms with van der Waals surface area (Å²) in [6.07, 6.45) is 3.50. The van der Waals surface area contributed by atoms with Crippen LogP contribution in [0.5, 0.6) is 11.5 Å². The molecule has 8 nitrogen and oxygen atoms in total. The molecule has 2 unspecified atom stereocenters. The molecule has 3 heterocycles. The van der Waals surface area contributed by atoms with E-state index in [-0.39, 0.29) is 42.7 Å². The van der Waals surface area contributed by atoms with Gasteiger partial charge in [-0.3, -0.25) is 14.6 Å². The molecule has 2 aromatic rings. The van der Waals surface area contributed by atoms with E-state index in [1.54, 1.807) is 18.3 Å². The Bertz CT molecular complexity index is 970. The maximum atomic E-state index is 14.8. The lowest BCUT2D eigenvalue weighted by molar-refractivity contribution is -0.134. The van der Waals surface area contributed by atoms with Gasteiger partial charge in [0.2, 0.25) is 5.91 Å². The van der Waals surface area contributed by atoms with Crippen LogP contribution in [0, 0.1) is 0 Å². The minimum Gasteiger partial charge on any atom is -0.489 e. The van der Waals surface area contributed by atoms with Crippen LogP contribution in [0.25, 0.3) is 0 Å². The summed E-state index contributed by atoms with van der Waals surface area (Å²) in [6.45, 7) is 0.241. The smallest absolute Gasteiger partial charge is 0.252 e. The van der Waals surface area contributed by atoms with Gasteiger partial charge < -0.3 is 20.1 Å². The first kappa shape index (κ1) is 21.5. The number of halogens is 2. The predicted molar refractivity (Wildman–Crippen MR) is 113 cm³/mol. The van der Waals surface area contributed by atoms with Crippen LogP contribution < -0.4 is 15.2 Å². The van der Waals surface area contributed by atoms with Crippen molar-refractivity contribution < 1.29 is 23.5 Å². The predicted octanol–water partition coefficient (Wildman–Crippen LogP) is 2.44. The molecule has 2 atom stereocenters. The summed E-state index contributed by atoms with van der Waals surface area (Å²) in [5, 5.41) is 0. The Labute approximate surface area is 187 Å². The van der Waals surface area contributed by atoms with Crippen molar-refractivity contribution in [3.63, 3.8) is 0 Å². The van der Waals surface area contributed by atoms with Crippen LogP contribution in [0.4, 0.5) is 4.39 Å². The summed E-state index contributed by atoms with van der Waals surface area (Å²) in [6, 6.07) is 4.98. The molecule has 164 valence electrons. The molecular weight excluding hydrogens is 471 g/mol. The number of alkyl halides is 1. The highest BCUT2D eigenvalue weighted by Gasteiger charge is 2.34. The van der Waals surface area contributed by atoms with Crippen molar-refractivity contribution in [2.75, 3.05) is 13.1 Å². The third kappa shape index (κ3) is 5.49. The highest BCUT2D eigenvalue weighted by Crippen LogP contribution is 2.27. The second-order valence-electron chi connectivity index (χ2n) is 7.65. The van der Waals surface area contributed by atoms with Crippen LogP contribution in [-0.4, -0.2) is 58.2 Å². The molecule has 2 N–H and O–H groups in total. The lowest BCUT2D eigenvalue weighted by atomic mass is 10.0. The Morgan fingerprint density at radius 1 is 1.19 bits per heavy atom.